The molecule has 1 amide bonds. The van der Waals surface area contributed by atoms with Crippen LogP contribution in [0.5, 0.6) is 0 Å². The van der Waals surface area contributed by atoms with E-state index in [1.54, 1.807) is 30.5 Å². The molecule has 7 nitrogen and oxygen atoms in total. The maximum absolute atomic E-state index is 14.8. The summed E-state index contributed by atoms with van der Waals surface area (Å²) >= 11 is 0. The van der Waals surface area contributed by atoms with E-state index in [1.165, 1.54) is 24.5 Å². The summed E-state index contributed by atoms with van der Waals surface area (Å²) in [6, 6.07) is 12.8. The highest BCUT2D eigenvalue weighted by atomic mass is 19.1. The molecule has 0 atom stereocenters. The number of aromatic nitrogens is 4. The fraction of sp³-hybridized carbons (Fsp3) is 0.130. The Morgan fingerprint density at radius 3 is 2.75 bits per heavy atom. The molecule has 3 heterocycles. The van der Waals surface area contributed by atoms with Crippen LogP contribution in [-0.4, -0.2) is 32.6 Å². The van der Waals surface area contributed by atoms with E-state index in [9.17, 15) is 13.6 Å². The molecule has 9 heteroatoms. The van der Waals surface area contributed by atoms with Crippen molar-refractivity contribution in [3.05, 3.63) is 95.6 Å². The number of pyridine rings is 2. The number of carbonyl (C=O) groups excluding carboxylic acids is 1. The zero-order valence-electron chi connectivity index (χ0n) is 17.0. The first-order valence-electron chi connectivity index (χ1n) is 9.96. The number of benzene rings is 1. The van der Waals surface area contributed by atoms with Gasteiger partial charge in [-0.1, -0.05) is 18.2 Å². The first-order valence-corrected chi connectivity index (χ1v) is 9.96. The van der Waals surface area contributed by atoms with Gasteiger partial charge < -0.3 is 10.6 Å². The van der Waals surface area contributed by atoms with Crippen LogP contribution in [0, 0.1) is 11.6 Å². The first kappa shape index (κ1) is 21.1. The second-order valence-corrected chi connectivity index (χ2v) is 7.01. The van der Waals surface area contributed by atoms with Crippen LogP contribution in [0.3, 0.4) is 0 Å². The van der Waals surface area contributed by atoms with Gasteiger partial charge in [0.1, 0.15) is 17.3 Å². The maximum atomic E-state index is 14.8. The number of carbonyl (C=O) groups is 1. The van der Waals surface area contributed by atoms with Crippen molar-refractivity contribution in [3.8, 4) is 11.3 Å². The van der Waals surface area contributed by atoms with E-state index in [4.69, 9.17) is 0 Å². The SMILES string of the molecule is O=C(NCc1ccccn1)c1cc(F)c(-c2cn[nH]c2)nc1NCCc1cccc(F)c1. The van der Waals surface area contributed by atoms with Crippen molar-refractivity contribution in [2.45, 2.75) is 13.0 Å². The Labute approximate surface area is 182 Å². The molecule has 4 rings (SSSR count). The van der Waals surface area contributed by atoms with E-state index >= 15 is 0 Å². The lowest BCUT2D eigenvalue weighted by molar-refractivity contribution is 0.0950. The molecular formula is C23H20F2N6O. The average Bonchev–Trinajstić information content (AvgIpc) is 3.33. The van der Waals surface area contributed by atoms with Gasteiger partial charge in [0.15, 0.2) is 5.82 Å². The van der Waals surface area contributed by atoms with Crippen molar-refractivity contribution in [3.63, 3.8) is 0 Å². The maximum Gasteiger partial charge on any atom is 0.255 e. The number of H-pyrrole nitrogens is 1. The van der Waals surface area contributed by atoms with Crippen molar-refractivity contribution >= 4 is 11.7 Å². The highest BCUT2D eigenvalue weighted by Gasteiger charge is 2.19. The summed E-state index contributed by atoms with van der Waals surface area (Å²) < 4.78 is 28.2. The van der Waals surface area contributed by atoms with Crippen LogP contribution in [0.4, 0.5) is 14.6 Å². The monoisotopic (exact) mass is 434 g/mol. The minimum Gasteiger partial charge on any atom is -0.369 e. The van der Waals surface area contributed by atoms with Gasteiger partial charge in [0, 0.05) is 24.5 Å². The van der Waals surface area contributed by atoms with Crippen LogP contribution in [0.2, 0.25) is 0 Å². The van der Waals surface area contributed by atoms with Crippen molar-refractivity contribution in [1.29, 1.82) is 0 Å². The van der Waals surface area contributed by atoms with E-state index in [-0.39, 0.29) is 29.4 Å². The molecule has 0 bridgehead atoms. The number of rotatable bonds is 8. The molecule has 162 valence electrons. The van der Waals surface area contributed by atoms with Gasteiger partial charge in [0.2, 0.25) is 0 Å². The molecule has 32 heavy (non-hydrogen) atoms. The van der Waals surface area contributed by atoms with Crippen LogP contribution < -0.4 is 10.6 Å². The Morgan fingerprint density at radius 1 is 1.09 bits per heavy atom. The number of hydrogen-bond acceptors (Lipinski definition) is 5. The molecule has 0 aliphatic carbocycles. The number of halogens is 2. The molecule has 1 aromatic carbocycles. The zero-order chi connectivity index (χ0) is 22.3. The smallest absolute Gasteiger partial charge is 0.255 e. The molecule has 4 aromatic rings. The van der Waals surface area contributed by atoms with Gasteiger partial charge in [-0.15, -0.1) is 0 Å². The van der Waals surface area contributed by atoms with Gasteiger partial charge in [-0.3, -0.25) is 14.9 Å². The molecular weight excluding hydrogens is 414 g/mol. The molecule has 3 aromatic heterocycles. The van der Waals surface area contributed by atoms with E-state index in [1.807, 2.05) is 6.07 Å². The fourth-order valence-electron chi connectivity index (χ4n) is 3.17. The molecule has 0 spiro atoms. The summed E-state index contributed by atoms with van der Waals surface area (Å²) in [6.45, 7) is 0.556. The third kappa shape index (κ3) is 5.12. The second kappa shape index (κ2) is 9.78. The topological polar surface area (TPSA) is 95.6 Å². The number of hydrogen-bond donors (Lipinski definition) is 3. The molecule has 0 unspecified atom stereocenters. The number of nitrogens with zero attached hydrogens (tertiary/aromatic N) is 3. The van der Waals surface area contributed by atoms with Crippen LogP contribution in [0.15, 0.2) is 67.1 Å². The zero-order valence-corrected chi connectivity index (χ0v) is 17.0. The Hall–Kier alpha value is -4.14. The molecule has 0 radical (unpaired) electrons. The molecule has 0 saturated carbocycles. The van der Waals surface area contributed by atoms with Crippen molar-refractivity contribution < 1.29 is 13.6 Å². The Morgan fingerprint density at radius 2 is 2.00 bits per heavy atom. The van der Waals surface area contributed by atoms with Crippen LogP contribution in [-0.2, 0) is 13.0 Å². The van der Waals surface area contributed by atoms with Gasteiger partial charge in [-0.2, -0.15) is 5.10 Å². The summed E-state index contributed by atoms with van der Waals surface area (Å²) in [4.78, 5) is 21.3. The third-order valence-electron chi connectivity index (χ3n) is 4.74. The van der Waals surface area contributed by atoms with Gasteiger partial charge >= 0.3 is 0 Å². The Balaban J connectivity index is 1.56. The van der Waals surface area contributed by atoms with Crippen LogP contribution in [0.1, 0.15) is 21.6 Å². The molecule has 0 fully saturated rings. The van der Waals surface area contributed by atoms with Gasteiger partial charge in [-0.25, -0.2) is 13.8 Å². The van der Waals surface area contributed by atoms with Crippen molar-refractivity contribution in [2.24, 2.45) is 0 Å². The Kier molecular flexibility index (Phi) is 6.45. The van der Waals surface area contributed by atoms with Crippen molar-refractivity contribution in [2.75, 3.05) is 11.9 Å². The van der Waals surface area contributed by atoms with Gasteiger partial charge in [0.05, 0.1) is 24.0 Å². The average molecular weight is 434 g/mol. The molecule has 0 aliphatic rings. The summed E-state index contributed by atoms with van der Waals surface area (Å²) in [7, 11) is 0. The standard InChI is InChI=1S/C23H20F2N6O/c24-17-5-3-4-15(10-17)7-9-27-22-19(23(32)28-14-18-6-1-2-8-26-18)11-20(25)21(31-22)16-12-29-30-13-16/h1-6,8,10-13H,7,9,14H2,(H,27,31)(H,28,32)(H,29,30). The summed E-state index contributed by atoms with van der Waals surface area (Å²) in [6.07, 6.45) is 5.08. The van der Waals surface area contributed by atoms with E-state index < -0.39 is 11.7 Å². The number of nitrogens with one attached hydrogen (secondary N) is 3. The van der Waals surface area contributed by atoms with Gasteiger partial charge in [-0.05, 0) is 42.3 Å². The predicted molar refractivity (Wildman–Crippen MR) is 116 cm³/mol. The molecule has 3 N–H and O–H groups in total. The lowest BCUT2D eigenvalue weighted by Crippen LogP contribution is -2.25. The summed E-state index contributed by atoms with van der Waals surface area (Å²) in [5.41, 5.74) is 2.04. The normalized spacial score (nSPS) is 10.7. The number of amides is 1. The highest BCUT2D eigenvalue weighted by molar-refractivity contribution is 5.99. The predicted octanol–water partition coefficient (Wildman–Crippen LogP) is 3.73. The third-order valence-corrected chi connectivity index (χ3v) is 4.74. The van der Waals surface area contributed by atoms with Gasteiger partial charge in [0.25, 0.3) is 5.91 Å². The van der Waals surface area contributed by atoms with Crippen molar-refractivity contribution in [1.82, 2.24) is 25.5 Å². The number of anilines is 1. The van der Waals surface area contributed by atoms with Crippen LogP contribution in [0.25, 0.3) is 11.3 Å². The highest BCUT2D eigenvalue weighted by Crippen LogP contribution is 2.25. The van der Waals surface area contributed by atoms with E-state index in [2.05, 4.69) is 30.8 Å². The Bertz CT molecular complexity index is 1200. The molecule has 0 aliphatic heterocycles. The lowest BCUT2D eigenvalue weighted by Gasteiger charge is -2.14. The minimum absolute atomic E-state index is 0.0601. The largest absolute Gasteiger partial charge is 0.369 e. The quantitative estimate of drug-likeness (QED) is 0.393. The van der Waals surface area contributed by atoms with E-state index in [0.29, 0.717) is 24.2 Å². The van der Waals surface area contributed by atoms with Crippen LogP contribution >= 0.6 is 0 Å². The number of aromatic amines is 1. The summed E-state index contributed by atoms with van der Waals surface area (Å²) in [5.74, 6) is -1.24. The first-order chi connectivity index (χ1) is 15.6. The fourth-order valence-corrected chi connectivity index (χ4v) is 3.17. The summed E-state index contributed by atoms with van der Waals surface area (Å²) in [5, 5.41) is 12.3. The lowest BCUT2D eigenvalue weighted by atomic mass is 10.1. The second-order valence-electron chi connectivity index (χ2n) is 7.01. The van der Waals surface area contributed by atoms with E-state index in [0.717, 1.165) is 11.6 Å². The molecule has 0 saturated heterocycles. The minimum atomic E-state index is -0.648.